The number of anilines is 1. The van der Waals surface area contributed by atoms with Gasteiger partial charge in [0.2, 0.25) is 5.91 Å². The molecule has 3 rings (SSSR count). The summed E-state index contributed by atoms with van der Waals surface area (Å²) in [5.74, 6) is -3.72. The van der Waals surface area contributed by atoms with E-state index in [0.717, 1.165) is 42.0 Å². The monoisotopic (exact) mass is 560 g/mol. The number of nitrogens with zero attached hydrogens (tertiary/aromatic N) is 3. The number of amides is 1. The van der Waals surface area contributed by atoms with Crippen LogP contribution >= 0.6 is 24.0 Å². The third-order valence-corrected chi connectivity index (χ3v) is 4.65. The Balaban J connectivity index is 0.00000363. The molecule has 0 saturated carbocycles. The number of rotatable bonds is 7. The van der Waals surface area contributed by atoms with E-state index in [9.17, 15) is 18.0 Å². The molecule has 2 aromatic carbocycles. The summed E-state index contributed by atoms with van der Waals surface area (Å²) >= 11 is 0. The smallest absolute Gasteiger partial charge is 0.243 e. The Labute approximate surface area is 200 Å². The Morgan fingerprint density at radius 3 is 2.59 bits per heavy atom. The van der Waals surface area contributed by atoms with Crippen molar-refractivity contribution in [2.75, 3.05) is 25.5 Å². The third-order valence-electron chi connectivity index (χ3n) is 4.65. The van der Waals surface area contributed by atoms with Crippen LogP contribution in [0.4, 0.5) is 18.9 Å². The van der Waals surface area contributed by atoms with Gasteiger partial charge in [-0.05, 0) is 37.6 Å². The molecule has 3 N–H and O–H groups in total. The largest absolute Gasteiger partial charge is 0.356 e. The van der Waals surface area contributed by atoms with Crippen LogP contribution in [0.5, 0.6) is 0 Å². The van der Waals surface area contributed by atoms with Crippen LogP contribution in [-0.2, 0) is 11.3 Å². The molecule has 7 nitrogen and oxygen atoms in total. The van der Waals surface area contributed by atoms with Crippen LogP contribution in [-0.4, -0.2) is 41.6 Å². The molecule has 0 aliphatic heterocycles. The second kappa shape index (κ2) is 11.7. The number of nitrogens with one attached hydrogen (secondary N) is 3. The number of guanidine groups is 1. The summed E-state index contributed by atoms with van der Waals surface area (Å²) in [5.41, 5.74) is 1.59. The van der Waals surface area contributed by atoms with E-state index < -0.39 is 29.0 Å². The number of para-hydroxylation sites is 2. The first kappa shape index (κ1) is 25.4. The van der Waals surface area contributed by atoms with Gasteiger partial charge in [0.1, 0.15) is 5.82 Å². The Morgan fingerprint density at radius 2 is 1.84 bits per heavy atom. The maximum atomic E-state index is 13.6. The Kier molecular flexibility index (Phi) is 9.29. The molecule has 0 aliphatic rings. The van der Waals surface area contributed by atoms with Crippen molar-refractivity contribution in [2.24, 2.45) is 4.99 Å². The second-order valence-corrected chi connectivity index (χ2v) is 6.78. The van der Waals surface area contributed by atoms with Gasteiger partial charge in [-0.25, -0.2) is 18.2 Å². The highest BCUT2D eigenvalue weighted by Crippen LogP contribution is 2.19. The van der Waals surface area contributed by atoms with Crippen LogP contribution in [0.15, 0.2) is 41.4 Å². The van der Waals surface area contributed by atoms with Gasteiger partial charge in [-0.2, -0.15) is 0 Å². The molecule has 0 atom stereocenters. The van der Waals surface area contributed by atoms with Gasteiger partial charge in [0.05, 0.1) is 23.3 Å². The molecule has 1 aromatic heterocycles. The minimum Gasteiger partial charge on any atom is -0.356 e. The second-order valence-electron chi connectivity index (χ2n) is 6.78. The molecule has 0 saturated heterocycles. The van der Waals surface area contributed by atoms with Gasteiger partial charge < -0.3 is 20.5 Å². The van der Waals surface area contributed by atoms with E-state index in [1.165, 1.54) is 0 Å². The number of aliphatic imine (C=N–C) groups is 1. The molecule has 0 aliphatic carbocycles. The van der Waals surface area contributed by atoms with Gasteiger partial charge >= 0.3 is 0 Å². The van der Waals surface area contributed by atoms with Gasteiger partial charge in [-0.1, -0.05) is 12.1 Å². The molecule has 11 heteroatoms. The zero-order valence-corrected chi connectivity index (χ0v) is 19.9. The predicted molar refractivity (Wildman–Crippen MR) is 129 cm³/mol. The maximum absolute atomic E-state index is 13.6. The van der Waals surface area contributed by atoms with Crippen molar-refractivity contribution >= 4 is 52.6 Å². The van der Waals surface area contributed by atoms with Crippen molar-refractivity contribution in [1.29, 1.82) is 0 Å². The molecule has 0 spiro atoms. The highest BCUT2D eigenvalue weighted by molar-refractivity contribution is 14.0. The van der Waals surface area contributed by atoms with E-state index in [0.29, 0.717) is 12.5 Å². The minimum absolute atomic E-state index is 0. The third kappa shape index (κ3) is 6.11. The van der Waals surface area contributed by atoms with Crippen LogP contribution in [0.2, 0.25) is 0 Å². The number of fused-ring (bicyclic) bond motifs is 1. The summed E-state index contributed by atoms with van der Waals surface area (Å²) in [5, 5.41) is 8.07. The fraction of sp³-hybridized carbons (Fsp3) is 0.286. The molecule has 3 aromatic rings. The number of hydrogen-bond donors (Lipinski definition) is 3. The summed E-state index contributed by atoms with van der Waals surface area (Å²) in [7, 11) is 1.55. The van der Waals surface area contributed by atoms with E-state index in [4.69, 9.17) is 0 Å². The van der Waals surface area contributed by atoms with Crippen LogP contribution in [0, 0.1) is 24.4 Å². The molecule has 1 amide bonds. The normalized spacial score (nSPS) is 11.2. The zero-order valence-electron chi connectivity index (χ0n) is 17.6. The number of carbonyl (C=O) groups is 1. The van der Waals surface area contributed by atoms with Crippen LogP contribution < -0.4 is 16.0 Å². The topological polar surface area (TPSA) is 83.3 Å². The van der Waals surface area contributed by atoms with Crippen molar-refractivity contribution in [3.63, 3.8) is 0 Å². The van der Waals surface area contributed by atoms with Gasteiger partial charge in [-0.3, -0.25) is 9.79 Å². The SMILES string of the molecule is CN=C(NCCCn1c(C)nc2ccccc21)NCC(=O)Nc1ccc(F)c(F)c1F.I. The Hall–Kier alpha value is -2.83. The van der Waals surface area contributed by atoms with E-state index in [2.05, 4.69) is 30.5 Å². The molecular formula is C21H24F3IN6O. The highest BCUT2D eigenvalue weighted by atomic mass is 127. The fourth-order valence-corrected chi connectivity index (χ4v) is 3.12. The number of carbonyl (C=O) groups excluding carboxylic acids is 1. The molecule has 0 unspecified atom stereocenters. The fourth-order valence-electron chi connectivity index (χ4n) is 3.12. The number of aryl methyl sites for hydroxylation is 2. The van der Waals surface area contributed by atoms with Crippen LogP contribution in [0.25, 0.3) is 11.0 Å². The Morgan fingerprint density at radius 1 is 1.09 bits per heavy atom. The van der Waals surface area contributed by atoms with Gasteiger partial charge in [0.15, 0.2) is 23.4 Å². The number of imidazole rings is 1. The first-order valence-corrected chi connectivity index (χ1v) is 9.70. The zero-order chi connectivity index (χ0) is 22.4. The van der Waals surface area contributed by atoms with E-state index in [1.54, 1.807) is 7.05 Å². The van der Waals surface area contributed by atoms with Crippen molar-refractivity contribution < 1.29 is 18.0 Å². The minimum atomic E-state index is -1.64. The molecule has 172 valence electrons. The summed E-state index contributed by atoms with van der Waals surface area (Å²) < 4.78 is 42.0. The summed E-state index contributed by atoms with van der Waals surface area (Å²) in [6.45, 7) is 3.07. The molecule has 0 radical (unpaired) electrons. The summed E-state index contributed by atoms with van der Waals surface area (Å²) in [4.78, 5) is 20.5. The number of benzene rings is 2. The average molecular weight is 560 g/mol. The lowest BCUT2D eigenvalue weighted by atomic mass is 10.2. The maximum Gasteiger partial charge on any atom is 0.243 e. The lowest BCUT2D eigenvalue weighted by molar-refractivity contribution is -0.115. The van der Waals surface area contributed by atoms with E-state index >= 15 is 0 Å². The number of halogens is 4. The standard InChI is InChI=1S/C21H23F3N6O.HI/c1-13-28-15-6-3-4-7-17(15)30(13)11-5-10-26-21(25-2)27-12-18(31)29-16-9-8-14(22)19(23)20(16)24;/h3-4,6-9H,5,10-12H2,1-2H3,(H,29,31)(H2,25,26,27);1H. The lowest BCUT2D eigenvalue weighted by Crippen LogP contribution is -2.42. The molecule has 0 fully saturated rings. The number of aromatic nitrogens is 2. The molecule has 0 bridgehead atoms. The Bertz CT molecular complexity index is 1120. The van der Waals surface area contributed by atoms with Gasteiger partial charge in [-0.15, -0.1) is 24.0 Å². The van der Waals surface area contributed by atoms with Crippen LogP contribution in [0.3, 0.4) is 0 Å². The molecular weight excluding hydrogens is 536 g/mol. The predicted octanol–water partition coefficient (Wildman–Crippen LogP) is 3.57. The molecule has 1 heterocycles. The van der Waals surface area contributed by atoms with Crippen molar-refractivity contribution in [2.45, 2.75) is 19.9 Å². The summed E-state index contributed by atoms with van der Waals surface area (Å²) in [6.07, 6.45) is 0.786. The first-order chi connectivity index (χ1) is 14.9. The van der Waals surface area contributed by atoms with E-state index in [1.807, 2.05) is 31.2 Å². The van der Waals surface area contributed by atoms with Gasteiger partial charge in [0, 0.05) is 20.1 Å². The number of hydrogen-bond acceptors (Lipinski definition) is 3. The van der Waals surface area contributed by atoms with Gasteiger partial charge in [0.25, 0.3) is 0 Å². The quantitative estimate of drug-likeness (QED) is 0.136. The van der Waals surface area contributed by atoms with Crippen molar-refractivity contribution in [1.82, 2.24) is 20.2 Å². The van der Waals surface area contributed by atoms with Crippen molar-refractivity contribution in [3.05, 3.63) is 59.7 Å². The van der Waals surface area contributed by atoms with Crippen LogP contribution in [0.1, 0.15) is 12.2 Å². The van der Waals surface area contributed by atoms with Crippen molar-refractivity contribution in [3.8, 4) is 0 Å². The van der Waals surface area contributed by atoms with E-state index in [-0.39, 0.29) is 30.5 Å². The average Bonchev–Trinajstić information content (AvgIpc) is 3.08. The summed E-state index contributed by atoms with van der Waals surface area (Å²) in [6, 6.07) is 9.63. The first-order valence-electron chi connectivity index (χ1n) is 9.70. The lowest BCUT2D eigenvalue weighted by Gasteiger charge is -2.13. The molecule has 32 heavy (non-hydrogen) atoms. The highest BCUT2D eigenvalue weighted by Gasteiger charge is 2.15.